The molecule has 0 spiro atoms. The van der Waals surface area contributed by atoms with E-state index >= 15 is 0 Å². The van der Waals surface area contributed by atoms with Gasteiger partial charge in [-0.05, 0) is 56.8 Å². The number of fused-ring (bicyclic) bond motifs is 2. The van der Waals surface area contributed by atoms with Crippen molar-refractivity contribution in [2.75, 3.05) is 39.3 Å². The number of likely N-dealkylation sites (tertiary alicyclic amines) is 1. The molecule has 0 aromatic rings. The quantitative estimate of drug-likeness (QED) is 0.505. The Balaban J connectivity index is 1.20. The molecule has 2 saturated heterocycles. The minimum atomic E-state index is -0.352. The lowest BCUT2D eigenvalue weighted by atomic mass is 9.62. The fourth-order valence-electron chi connectivity index (χ4n) is 6.85. The molecule has 0 aromatic heterocycles. The van der Waals surface area contributed by atoms with Crippen molar-refractivity contribution in [1.29, 1.82) is 0 Å². The average molecular weight is 406 g/mol. The van der Waals surface area contributed by atoms with Gasteiger partial charge in [-0.2, -0.15) is 0 Å². The molecule has 2 unspecified atom stereocenters. The molecule has 4 rings (SSSR count). The first-order valence-corrected chi connectivity index (χ1v) is 12.4. The average Bonchev–Trinajstić information content (AvgIpc) is 2.92. The van der Waals surface area contributed by atoms with Crippen LogP contribution in [-0.2, 0) is 9.59 Å². The van der Waals surface area contributed by atoms with Gasteiger partial charge in [0.1, 0.15) is 26.2 Å². The molecule has 2 amide bonds. The van der Waals surface area contributed by atoms with Gasteiger partial charge in [-0.15, -0.1) is 0 Å². The summed E-state index contributed by atoms with van der Waals surface area (Å²) in [6.07, 6.45) is 11.0. The molecule has 2 N–H and O–H groups in total. The van der Waals surface area contributed by atoms with E-state index in [1.165, 1.54) is 64.8 Å². The number of amides is 2. The van der Waals surface area contributed by atoms with Crippen LogP contribution in [0.25, 0.3) is 0 Å². The lowest BCUT2D eigenvalue weighted by Crippen LogP contribution is -3.29. The number of nitrogens with one attached hydrogen (secondary N) is 2. The number of hydrogen-bond donors (Lipinski definition) is 2. The topological polar surface area (TPSA) is 46.3 Å². The highest BCUT2D eigenvalue weighted by Gasteiger charge is 2.64. The van der Waals surface area contributed by atoms with Gasteiger partial charge in [-0.3, -0.25) is 14.5 Å². The van der Waals surface area contributed by atoms with E-state index in [0.717, 1.165) is 31.7 Å². The molecule has 2 bridgehead atoms. The van der Waals surface area contributed by atoms with E-state index in [0.29, 0.717) is 6.54 Å². The Morgan fingerprint density at radius 1 is 0.931 bits per heavy atom. The summed E-state index contributed by atoms with van der Waals surface area (Å²) in [6.45, 7) is 13.4. The lowest BCUT2D eigenvalue weighted by Gasteiger charge is -2.47. The number of nitrogens with zero attached hydrogens (tertiary/aromatic N) is 1. The molecule has 2 heterocycles. The van der Waals surface area contributed by atoms with Crippen LogP contribution in [0, 0.1) is 16.7 Å². The van der Waals surface area contributed by atoms with E-state index < -0.39 is 0 Å². The molecule has 4 fully saturated rings. The molecule has 0 aromatic carbocycles. The van der Waals surface area contributed by atoms with Crippen LogP contribution >= 0.6 is 0 Å². The van der Waals surface area contributed by atoms with E-state index in [9.17, 15) is 9.59 Å². The predicted octanol–water partition coefficient (Wildman–Crippen LogP) is 0.694. The van der Waals surface area contributed by atoms with Gasteiger partial charge < -0.3 is 9.80 Å². The van der Waals surface area contributed by atoms with Crippen molar-refractivity contribution in [3.63, 3.8) is 0 Å². The van der Waals surface area contributed by atoms with Crippen molar-refractivity contribution in [3.8, 4) is 0 Å². The van der Waals surface area contributed by atoms with Gasteiger partial charge in [0.2, 0.25) is 11.8 Å². The minimum absolute atomic E-state index is 0.0339. The number of hydrogen-bond acceptors (Lipinski definition) is 2. The van der Waals surface area contributed by atoms with Crippen LogP contribution in [0.2, 0.25) is 0 Å². The molecule has 0 radical (unpaired) electrons. The zero-order chi connectivity index (χ0) is 20.6. The highest BCUT2D eigenvalue weighted by Crippen LogP contribution is 2.60. The smallest absolute Gasteiger partial charge is 0.235 e. The third-order valence-electron chi connectivity index (χ3n) is 9.45. The summed E-state index contributed by atoms with van der Waals surface area (Å²) in [5.74, 6) is 0.233. The monoisotopic (exact) mass is 405 g/mol. The maximum Gasteiger partial charge on any atom is 0.235 e. The van der Waals surface area contributed by atoms with Gasteiger partial charge in [-0.25, -0.2) is 0 Å². The molecular weight excluding hydrogens is 362 g/mol. The molecule has 2 aliphatic carbocycles. The summed E-state index contributed by atoms with van der Waals surface area (Å²) in [6, 6.07) is 0.933. The maximum atomic E-state index is 13.1. The van der Waals surface area contributed by atoms with Crippen LogP contribution in [0.5, 0.6) is 0 Å². The van der Waals surface area contributed by atoms with Crippen molar-refractivity contribution in [2.45, 2.75) is 84.6 Å². The largest absolute Gasteiger partial charge is 0.326 e. The Kier molecular flexibility index (Phi) is 6.09. The molecule has 5 nitrogen and oxygen atoms in total. The second kappa shape index (κ2) is 8.30. The molecule has 4 aliphatic rings. The first-order chi connectivity index (χ1) is 13.8. The predicted molar refractivity (Wildman–Crippen MR) is 114 cm³/mol. The van der Waals surface area contributed by atoms with Crippen LogP contribution in [0.3, 0.4) is 0 Å². The molecule has 2 saturated carbocycles. The first-order valence-electron chi connectivity index (χ1n) is 12.4. The van der Waals surface area contributed by atoms with Crippen LogP contribution in [0.4, 0.5) is 0 Å². The van der Waals surface area contributed by atoms with Gasteiger partial charge >= 0.3 is 0 Å². The second-order valence-corrected chi connectivity index (χ2v) is 11.1. The summed E-state index contributed by atoms with van der Waals surface area (Å²) in [7, 11) is 0. The molecular formula is C24H43N3O2+2. The highest BCUT2D eigenvalue weighted by atomic mass is 16.2. The van der Waals surface area contributed by atoms with E-state index in [1.807, 2.05) is 4.90 Å². The SMILES string of the molecule is CC12CCC(C(=O)N(CCCC[NH+]3CC[NH+](C4CCCCC4)CC3)C1=O)C2(C)C. The number of unbranched alkanes of at least 4 members (excludes halogenated alkanes) is 1. The Bertz CT molecular complexity index is 620. The van der Waals surface area contributed by atoms with Crippen molar-refractivity contribution in [3.05, 3.63) is 0 Å². The number of rotatable bonds is 6. The maximum absolute atomic E-state index is 13.1. The van der Waals surface area contributed by atoms with E-state index in [1.54, 1.807) is 9.80 Å². The van der Waals surface area contributed by atoms with Crippen LogP contribution in [-0.4, -0.2) is 62.0 Å². The van der Waals surface area contributed by atoms with Crippen LogP contribution in [0.1, 0.15) is 78.6 Å². The Hall–Kier alpha value is -0.940. The van der Waals surface area contributed by atoms with Crippen molar-refractivity contribution in [2.24, 2.45) is 16.7 Å². The standard InChI is InChI=1S/C24H41N3O2/c1-23(2)20-11-12-24(23,3)22(29)27(21(20)28)14-8-7-13-25-15-17-26(18-16-25)19-9-5-4-6-10-19/h19-20H,4-18H2,1-3H3/p+2. The fourth-order valence-corrected chi connectivity index (χ4v) is 6.85. The highest BCUT2D eigenvalue weighted by molar-refractivity contribution is 6.03. The zero-order valence-electron chi connectivity index (χ0n) is 19.0. The molecule has 2 atom stereocenters. The number of imide groups is 1. The summed E-state index contributed by atoms with van der Waals surface area (Å²) < 4.78 is 0. The lowest BCUT2D eigenvalue weighted by molar-refractivity contribution is -1.02. The van der Waals surface area contributed by atoms with Gasteiger partial charge in [0, 0.05) is 12.5 Å². The summed E-state index contributed by atoms with van der Waals surface area (Å²) in [5, 5.41) is 0. The van der Waals surface area contributed by atoms with Crippen LogP contribution < -0.4 is 9.80 Å². The molecule has 164 valence electrons. The van der Waals surface area contributed by atoms with Gasteiger partial charge in [0.25, 0.3) is 0 Å². The van der Waals surface area contributed by atoms with E-state index in [2.05, 4.69) is 20.8 Å². The Labute approximate surface area is 177 Å². The normalized spacial score (nSPS) is 37.9. The number of quaternary nitrogens is 2. The molecule has 2 aliphatic heterocycles. The third-order valence-corrected chi connectivity index (χ3v) is 9.45. The van der Waals surface area contributed by atoms with Gasteiger partial charge in [0.15, 0.2) is 0 Å². The number of carbonyl (C=O) groups is 2. The van der Waals surface area contributed by atoms with Crippen molar-refractivity contribution in [1.82, 2.24) is 4.90 Å². The van der Waals surface area contributed by atoms with Crippen molar-refractivity contribution < 1.29 is 19.4 Å². The van der Waals surface area contributed by atoms with Crippen LogP contribution in [0.15, 0.2) is 0 Å². The summed E-state index contributed by atoms with van der Waals surface area (Å²) >= 11 is 0. The van der Waals surface area contributed by atoms with Gasteiger partial charge in [0.05, 0.1) is 18.0 Å². The number of carbonyl (C=O) groups excluding carboxylic acids is 2. The first kappa shape index (κ1) is 21.3. The molecule has 5 heteroatoms. The summed E-state index contributed by atoms with van der Waals surface area (Å²) in [4.78, 5) is 31.3. The molecule has 29 heavy (non-hydrogen) atoms. The minimum Gasteiger partial charge on any atom is -0.326 e. The Morgan fingerprint density at radius 2 is 1.62 bits per heavy atom. The fraction of sp³-hybridized carbons (Fsp3) is 0.917. The van der Waals surface area contributed by atoms with E-state index in [-0.39, 0.29) is 28.6 Å². The van der Waals surface area contributed by atoms with Crippen molar-refractivity contribution >= 4 is 11.8 Å². The number of piperazine rings is 1. The van der Waals surface area contributed by atoms with E-state index in [4.69, 9.17) is 0 Å². The second-order valence-electron chi connectivity index (χ2n) is 11.1. The Morgan fingerprint density at radius 3 is 2.31 bits per heavy atom. The zero-order valence-corrected chi connectivity index (χ0v) is 19.0. The number of piperidine rings is 1. The van der Waals surface area contributed by atoms with Gasteiger partial charge in [-0.1, -0.05) is 27.2 Å². The summed E-state index contributed by atoms with van der Waals surface area (Å²) in [5.41, 5.74) is -0.544. The third kappa shape index (κ3) is 3.78.